The minimum atomic E-state index is -0.111. The van der Waals surface area contributed by atoms with E-state index in [-0.39, 0.29) is 29.0 Å². The summed E-state index contributed by atoms with van der Waals surface area (Å²) in [4.78, 5) is 16.1. The van der Waals surface area contributed by atoms with Crippen molar-refractivity contribution < 1.29 is 19.0 Å². The van der Waals surface area contributed by atoms with Gasteiger partial charge >= 0.3 is 5.97 Å². The molecule has 0 amide bonds. The zero-order chi connectivity index (χ0) is 37.6. The fourth-order valence-corrected chi connectivity index (χ4v) is 12.1. The number of hydrogen-bond acceptors (Lipinski definition) is 8. The molecular formula is C44H84N4O4. The van der Waals surface area contributed by atoms with Crippen molar-refractivity contribution in [1.29, 1.82) is 0 Å². The van der Waals surface area contributed by atoms with Gasteiger partial charge in [-0.25, -0.2) is 0 Å². The number of esters is 1. The highest BCUT2D eigenvalue weighted by Gasteiger charge is 2.67. The zero-order valence-corrected chi connectivity index (χ0v) is 34.6. The van der Waals surface area contributed by atoms with Crippen LogP contribution in [-0.2, 0) is 19.0 Å². The van der Waals surface area contributed by atoms with E-state index in [1.807, 2.05) is 0 Å². The molecule has 52 heavy (non-hydrogen) atoms. The first-order chi connectivity index (χ1) is 25.2. The molecule has 4 aliphatic rings. The number of ether oxygens (including phenoxy) is 3. The quantitative estimate of drug-likeness (QED) is 0.0636. The fourth-order valence-electron chi connectivity index (χ4n) is 12.1. The van der Waals surface area contributed by atoms with Gasteiger partial charge in [-0.1, -0.05) is 66.7 Å². The Balaban J connectivity index is 1.55. The summed E-state index contributed by atoms with van der Waals surface area (Å²) >= 11 is 0. The lowest BCUT2D eigenvalue weighted by Gasteiger charge is -2.64. The summed E-state index contributed by atoms with van der Waals surface area (Å²) in [6, 6.07) is 0. The average Bonchev–Trinajstić information content (AvgIpc) is 3.49. The molecule has 8 nitrogen and oxygen atoms in total. The van der Waals surface area contributed by atoms with Crippen LogP contribution < -0.4 is 17.2 Å². The van der Waals surface area contributed by atoms with Gasteiger partial charge in [0.2, 0.25) is 0 Å². The summed E-state index contributed by atoms with van der Waals surface area (Å²) in [6.07, 6.45) is 22.2. The number of carbonyl (C=O) groups excluding carboxylic acids is 1. The van der Waals surface area contributed by atoms with Gasteiger partial charge in [0.25, 0.3) is 0 Å². The molecule has 0 radical (unpaired) electrons. The van der Waals surface area contributed by atoms with Crippen molar-refractivity contribution in [2.45, 2.75) is 175 Å². The molecule has 8 heteroatoms. The van der Waals surface area contributed by atoms with Gasteiger partial charge in [0.05, 0.1) is 18.6 Å². The third-order valence-electron chi connectivity index (χ3n) is 15.0. The second-order valence-electron chi connectivity index (χ2n) is 18.2. The summed E-state index contributed by atoms with van der Waals surface area (Å²) in [7, 11) is 0. The van der Waals surface area contributed by atoms with Gasteiger partial charge in [0.15, 0.2) is 0 Å². The molecule has 6 N–H and O–H groups in total. The molecule has 0 unspecified atom stereocenters. The highest BCUT2D eigenvalue weighted by molar-refractivity contribution is 5.69. The summed E-state index contributed by atoms with van der Waals surface area (Å²) in [5, 5.41) is 0. The van der Waals surface area contributed by atoms with E-state index in [1.165, 1.54) is 96.7 Å². The van der Waals surface area contributed by atoms with E-state index >= 15 is 0 Å². The van der Waals surface area contributed by atoms with Crippen LogP contribution in [0.15, 0.2) is 0 Å². The van der Waals surface area contributed by atoms with Crippen molar-refractivity contribution in [3.8, 4) is 0 Å². The number of nitrogens with zero attached hydrogens (tertiary/aromatic N) is 1. The monoisotopic (exact) mass is 733 g/mol. The van der Waals surface area contributed by atoms with Crippen LogP contribution in [0, 0.1) is 46.3 Å². The molecule has 0 saturated heterocycles. The van der Waals surface area contributed by atoms with E-state index in [0.717, 1.165) is 51.7 Å². The van der Waals surface area contributed by atoms with Crippen LogP contribution in [0.3, 0.4) is 0 Å². The number of hydrogen-bond donors (Lipinski definition) is 3. The predicted molar refractivity (Wildman–Crippen MR) is 215 cm³/mol. The summed E-state index contributed by atoms with van der Waals surface area (Å²) < 4.78 is 20.0. The van der Waals surface area contributed by atoms with Gasteiger partial charge in [-0.15, -0.1) is 0 Å². The second kappa shape index (κ2) is 22.1. The zero-order valence-electron chi connectivity index (χ0n) is 34.6. The fraction of sp³-hybridized carbons (Fsp3) is 0.977. The van der Waals surface area contributed by atoms with Crippen LogP contribution in [0.25, 0.3) is 0 Å². The van der Waals surface area contributed by atoms with E-state index in [0.29, 0.717) is 67.7 Å². The lowest BCUT2D eigenvalue weighted by Crippen LogP contribution is -2.63. The van der Waals surface area contributed by atoms with Crippen molar-refractivity contribution in [3.63, 3.8) is 0 Å². The summed E-state index contributed by atoms with van der Waals surface area (Å²) in [5.41, 5.74) is 17.8. The molecule has 0 aliphatic heterocycles. The first kappa shape index (κ1) is 44.0. The molecule has 4 fully saturated rings. The van der Waals surface area contributed by atoms with Crippen LogP contribution in [0.5, 0.6) is 0 Å². The number of nitrogens with two attached hydrogens (primary N) is 3. The van der Waals surface area contributed by atoms with E-state index in [9.17, 15) is 4.79 Å². The minimum Gasteiger partial charge on any atom is -0.462 e. The van der Waals surface area contributed by atoms with Crippen LogP contribution in [0.2, 0.25) is 0 Å². The second-order valence-corrected chi connectivity index (χ2v) is 18.2. The van der Waals surface area contributed by atoms with E-state index < -0.39 is 0 Å². The lowest BCUT2D eigenvalue weighted by molar-refractivity contribution is -0.226. The van der Waals surface area contributed by atoms with Crippen molar-refractivity contribution in [1.82, 2.24) is 4.90 Å². The molecule has 0 bridgehead atoms. The predicted octanol–water partition coefficient (Wildman–Crippen LogP) is 8.08. The number of carbonyl (C=O) groups is 1. The Bertz CT molecular complexity index is 1020. The summed E-state index contributed by atoms with van der Waals surface area (Å²) in [5.74, 6) is 2.98. The maximum atomic E-state index is 13.4. The van der Waals surface area contributed by atoms with Crippen molar-refractivity contribution in [3.05, 3.63) is 0 Å². The molecule has 304 valence electrons. The Morgan fingerprint density at radius 1 is 0.769 bits per heavy atom. The third kappa shape index (κ3) is 11.0. The molecule has 0 aromatic rings. The first-order valence-electron chi connectivity index (χ1n) is 22.4. The molecule has 4 rings (SSSR count). The normalized spacial score (nSPS) is 34.9. The summed E-state index contributed by atoms with van der Waals surface area (Å²) in [6.45, 7) is 19.1. The van der Waals surface area contributed by atoms with Gasteiger partial charge in [-0.2, -0.15) is 0 Å². The van der Waals surface area contributed by atoms with Gasteiger partial charge < -0.3 is 36.3 Å². The number of unbranched alkanes of at least 4 members (excludes halogenated alkanes) is 5. The molecular weight excluding hydrogens is 649 g/mol. The van der Waals surface area contributed by atoms with Crippen LogP contribution in [0.4, 0.5) is 0 Å². The Kier molecular flexibility index (Phi) is 18.7. The lowest BCUT2D eigenvalue weighted by atomic mass is 9.43. The third-order valence-corrected chi connectivity index (χ3v) is 15.0. The SMILES string of the molecule is CCCCCCN(CCCCC)CCC[C@@H](C)[C@H]1CC[C@H]2[C@@H]3[C@H](OCCCN)C[C@@H]4C[C@H](OCCCN)CC[C@]4(C)[C@H]3C[C@H](OC(=O)CCN)[C@]12C. The first-order valence-corrected chi connectivity index (χ1v) is 22.4. The van der Waals surface area contributed by atoms with E-state index in [2.05, 4.69) is 39.5 Å². The minimum absolute atomic E-state index is 0.0625. The van der Waals surface area contributed by atoms with Gasteiger partial charge in [0.1, 0.15) is 6.10 Å². The van der Waals surface area contributed by atoms with Gasteiger partial charge in [-0.3, -0.25) is 4.79 Å². The highest BCUT2D eigenvalue weighted by Crippen LogP contribution is 2.69. The Morgan fingerprint density at radius 2 is 1.44 bits per heavy atom. The number of fused-ring (bicyclic) bond motifs is 5. The standard InChI is InChI=1S/C44H84N4O4/c1-6-8-10-12-26-48(25-11-9-7-2)27-13-16-33(3)36-17-18-37-42-38(32-40(44(36,37)5)52-41(49)20-24-47)43(4)21-19-35(50-28-14-22-45)30-34(43)31-39(42)51-29-15-23-46/h33-40,42H,6-32,45-47H2,1-5H3/t33-,34+,35-,36-,37+,38+,39-,40+,42+,43+,44-/m1/s1. The van der Waals surface area contributed by atoms with Crippen LogP contribution >= 0.6 is 0 Å². The number of rotatable bonds is 25. The molecule has 11 atom stereocenters. The Morgan fingerprint density at radius 3 is 2.13 bits per heavy atom. The average molecular weight is 733 g/mol. The Labute approximate surface area is 320 Å². The molecule has 4 aliphatic carbocycles. The van der Waals surface area contributed by atoms with Gasteiger partial charge in [0, 0.05) is 25.2 Å². The Hall–Kier alpha value is -0.770. The molecule has 0 aromatic carbocycles. The van der Waals surface area contributed by atoms with E-state index in [4.69, 9.17) is 31.4 Å². The van der Waals surface area contributed by atoms with Crippen molar-refractivity contribution in [2.24, 2.45) is 63.5 Å². The van der Waals surface area contributed by atoms with Crippen molar-refractivity contribution >= 4 is 5.97 Å². The van der Waals surface area contributed by atoms with E-state index in [1.54, 1.807) is 0 Å². The molecule has 0 aromatic heterocycles. The van der Waals surface area contributed by atoms with Crippen LogP contribution in [-0.4, -0.2) is 81.7 Å². The van der Waals surface area contributed by atoms with Gasteiger partial charge in [-0.05, 0) is 157 Å². The maximum absolute atomic E-state index is 13.4. The smallest absolute Gasteiger partial charge is 0.307 e. The molecule has 4 saturated carbocycles. The molecule has 0 spiro atoms. The topological polar surface area (TPSA) is 126 Å². The largest absolute Gasteiger partial charge is 0.462 e. The maximum Gasteiger partial charge on any atom is 0.307 e. The highest BCUT2D eigenvalue weighted by atomic mass is 16.5. The van der Waals surface area contributed by atoms with Crippen molar-refractivity contribution in [2.75, 3.05) is 52.5 Å². The molecule has 0 heterocycles. The van der Waals surface area contributed by atoms with Crippen LogP contribution in [0.1, 0.15) is 157 Å².